The van der Waals surface area contributed by atoms with Crippen LogP contribution in [0.15, 0.2) is 66.2 Å². The number of ether oxygens (including phenoxy) is 1. The van der Waals surface area contributed by atoms with Crippen LogP contribution in [0.2, 0.25) is 0 Å². The Bertz CT molecular complexity index is 1110. The fourth-order valence-electron chi connectivity index (χ4n) is 3.42. The first kappa shape index (κ1) is 18.7. The molecule has 28 heavy (non-hydrogen) atoms. The third kappa shape index (κ3) is 3.67. The fourth-order valence-corrected chi connectivity index (χ4v) is 4.68. The topological polar surface area (TPSA) is 22.1 Å². The molecule has 0 aliphatic heterocycles. The summed E-state index contributed by atoms with van der Waals surface area (Å²) in [5.74, 6) is 0.679. The zero-order valence-electron chi connectivity index (χ0n) is 16.8. The van der Waals surface area contributed by atoms with Gasteiger partial charge in [-0.3, -0.25) is 0 Å². The number of benzene rings is 2. The Morgan fingerprint density at radius 2 is 1.79 bits per heavy atom. The van der Waals surface area contributed by atoms with E-state index in [4.69, 9.17) is 4.74 Å². The lowest BCUT2D eigenvalue weighted by atomic mass is 9.84. The molecule has 0 aliphatic carbocycles. The van der Waals surface area contributed by atoms with Gasteiger partial charge in [0.15, 0.2) is 0 Å². The first-order valence-corrected chi connectivity index (χ1v) is 10.5. The number of pyridine rings is 1. The number of nitrogens with zero attached hydrogens (tertiary/aromatic N) is 1. The quantitative estimate of drug-likeness (QED) is 0.371. The molecule has 3 heteroatoms. The summed E-state index contributed by atoms with van der Waals surface area (Å²) >= 11 is 1.84. The summed E-state index contributed by atoms with van der Waals surface area (Å²) in [5.41, 5.74) is 6.10. The van der Waals surface area contributed by atoms with Gasteiger partial charge in [-0.1, -0.05) is 51.1 Å². The van der Waals surface area contributed by atoms with Gasteiger partial charge in [0.2, 0.25) is 5.88 Å². The average Bonchev–Trinajstić information content (AvgIpc) is 3.07. The Hall–Kier alpha value is -2.65. The second-order valence-corrected chi connectivity index (χ2v) is 9.08. The van der Waals surface area contributed by atoms with Gasteiger partial charge in [-0.2, -0.15) is 0 Å². The Morgan fingerprint density at radius 1 is 1.00 bits per heavy atom. The van der Waals surface area contributed by atoms with E-state index in [1.807, 2.05) is 35.6 Å². The number of hydrogen-bond donors (Lipinski definition) is 0. The summed E-state index contributed by atoms with van der Waals surface area (Å²) in [4.78, 5) is 4.53. The van der Waals surface area contributed by atoms with E-state index < -0.39 is 0 Å². The molecule has 0 amide bonds. The molecule has 142 valence electrons. The SMILES string of the molecule is Cc1csc2c(C(C)(C)C)cc(-c3cccnc3OCc3ccccc3)cc12. The number of thiophene rings is 1. The maximum Gasteiger partial charge on any atom is 0.221 e. The fraction of sp³-hybridized carbons (Fsp3) is 0.240. The highest BCUT2D eigenvalue weighted by Crippen LogP contribution is 2.40. The van der Waals surface area contributed by atoms with Crippen molar-refractivity contribution in [3.8, 4) is 17.0 Å². The molecule has 2 aromatic carbocycles. The summed E-state index contributed by atoms with van der Waals surface area (Å²) in [7, 11) is 0. The molecule has 0 unspecified atom stereocenters. The van der Waals surface area contributed by atoms with Crippen LogP contribution in [0.25, 0.3) is 21.2 Å². The molecule has 0 bridgehead atoms. The Kier molecular flexibility index (Phi) is 4.94. The van der Waals surface area contributed by atoms with Crippen molar-refractivity contribution in [1.29, 1.82) is 0 Å². The molecule has 4 rings (SSSR count). The lowest BCUT2D eigenvalue weighted by molar-refractivity contribution is 0.295. The molecule has 4 aromatic rings. The van der Waals surface area contributed by atoms with Gasteiger partial charge in [-0.25, -0.2) is 4.98 Å². The zero-order chi connectivity index (χ0) is 19.7. The standard InChI is InChI=1S/C25H25NOS/c1-17-16-28-23-21(17)13-19(14-22(23)25(2,3)4)20-11-8-12-26-24(20)27-15-18-9-6-5-7-10-18/h5-14,16H,15H2,1-4H3. The predicted molar refractivity (Wildman–Crippen MR) is 119 cm³/mol. The van der Waals surface area contributed by atoms with Crippen molar-refractivity contribution in [3.05, 3.63) is 82.9 Å². The first-order valence-electron chi connectivity index (χ1n) is 9.58. The van der Waals surface area contributed by atoms with Crippen LogP contribution in [0.5, 0.6) is 5.88 Å². The van der Waals surface area contributed by atoms with Crippen molar-refractivity contribution in [2.24, 2.45) is 0 Å². The molecule has 0 fully saturated rings. The van der Waals surface area contributed by atoms with E-state index in [0.717, 1.165) is 16.7 Å². The minimum Gasteiger partial charge on any atom is -0.472 e. The van der Waals surface area contributed by atoms with Crippen molar-refractivity contribution in [2.45, 2.75) is 39.7 Å². The van der Waals surface area contributed by atoms with E-state index in [9.17, 15) is 0 Å². The molecule has 0 spiro atoms. The molecule has 2 heterocycles. The second-order valence-electron chi connectivity index (χ2n) is 8.20. The van der Waals surface area contributed by atoms with E-state index in [2.05, 4.69) is 68.4 Å². The van der Waals surface area contributed by atoms with Crippen LogP contribution >= 0.6 is 11.3 Å². The largest absolute Gasteiger partial charge is 0.472 e. The third-order valence-corrected chi connectivity index (χ3v) is 6.12. The number of hydrogen-bond acceptors (Lipinski definition) is 3. The maximum absolute atomic E-state index is 6.12. The monoisotopic (exact) mass is 387 g/mol. The highest BCUT2D eigenvalue weighted by molar-refractivity contribution is 7.17. The summed E-state index contributed by atoms with van der Waals surface area (Å²) in [5, 5.41) is 3.57. The van der Waals surface area contributed by atoms with Gasteiger partial charge in [0.05, 0.1) is 0 Å². The lowest BCUT2D eigenvalue weighted by Gasteiger charge is -2.22. The molecule has 2 nitrogen and oxygen atoms in total. The van der Waals surface area contributed by atoms with Crippen molar-refractivity contribution >= 4 is 21.4 Å². The van der Waals surface area contributed by atoms with E-state index in [1.54, 1.807) is 6.20 Å². The molecule has 0 saturated carbocycles. The van der Waals surface area contributed by atoms with Crippen LogP contribution in [0, 0.1) is 6.92 Å². The maximum atomic E-state index is 6.12. The molecule has 0 atom stereocenters. The van der Waals surface area contributed by atoms with Crippen molar-refractivity contribution < 1.29 is 4.74 Å². The average molecular weight is 388 g/mol. The van der Waals surface area contributed by atoms with Gasteiger partial charge < -0.3 is 4.74 Å². The number of rotatable bonds is 4. The predicted octanol–water partition coefficient (Wildman–Crippen LogP) is 7.15. The lowest BCUT2D eigenvalue weighted by Crippen LogP contribution is -2.11. The molecule has 0 N–H and O–H groups in total. The number of aromatic nitrogens is 1. The van der Waals surface area contributed by atoms with Gasteiger partial charge in [0, 0.05) is 16.5 Å². The van der Waals surface area contributed by atoms with Gasteiger partial charge in [-0.15, -0.1) is 11.3 Å². The summed E-state index contributed by atoms with van der Waals surface area (Å²) in [6, 6.07) is 18.9. The van der Waals surface area contributed by atoms with Gasteiger partial charge in [-0.05, 0) is 69.6 Å². The normalized spacial score (nSPS) is 11.7. The van der Waals surface area contributed by atoms with E-state index in [-0.39, 0.29) is 5.41 Å². The summed E-state index contributed by atoms with van der Waals surface area (Å²) in [6.07, 6.45) is 1.79. The molecule has 0 saturated heterocycles. The third-order valence-electron chi connectivity index (χ3n) is 4.98. The molecule has 2 aromatic heterocycles. The number of aryl methyl sites for hydroxylation is 1. The minimum absolute atomic E-state index is 0.0683. The van der Waals surface area contributed by atoms with Gasteiger partial charge >= 0.3 is 0 Å². The molecule has 0 radical (unpaired) electrons. The smallest absolute Gasteiger partial charge is 0.221 e. The summed E-state index contributed by atoms with van der Waals surface area (Å²) < 4.78 is 7.50. The molecular formula is C25H25NOS. The summed E-state index contributed by atoms with van der Waals surface area (Å²) in [6.45, 7) is 9.52. The first-order chi connectivity index (χ1) is 13.4. The van der Waals surface area contributed by atoms with Crippen LogP contribution in [-0.4, -0.2) is 4.98 Å². The van der Waals surface area contributed by atoms with Crippen molar-refractivity contribution in [1.82, 2.24) is 4.98 Å². The van der Waals surface area contributed by atoms with Crippen molar-refractivity contribution in [2.75, 3.05) is 0 Å². The highest BCUT2D eigenvalue weighted by Gasteiger charge is 2.21. The molecular weight excluding hydrogens is 362 g/mol. The Labute approximate surface area is 170 Å². The highest BCUT2D eigenvalue weighted by atomic mass is 32.1. The van der Waals surface area contributed by atoms with Crippen LogP contribution in [0.3, 0.4) is 0 Å². The number of fused-ring (bicyclic) bond motifs is 1. The Morgan fingerprint density at radius 3 is 2.54 bits per heavy atom. The van der Waals surface area contributed by atoms with Gasteiger partial charge in [0.1, 0.15) is 6.61 Å². The Balaban J connectivity index is 1.79. The van der Waals surface area contributed by atoms with Crippen molar-refractivity contribution in [3.63, 3.8) is 0 Å². The van der Waals surface area contributed by atoms with Crippen LogP contribution in [0.4, 0.5) is 0 Å². The second kappa shape index (κ2) is 7.40. The van der Waals surface area contributed by atoms with Gasteiger partial charge in [0.25, 0.3) is 0 Å². The van der Waals surface area contributed by atoms with E-state index in [1.165, 1.54) is 21.2 Å². The van der Waals surface area contributed by atoms with E-state index >= 15 is 0 Å². The van der Waals surface area contributed by atoms with Crippen LogP contribution < -0.4 is 4.74 Å². The van der Waals surface area contributed by atoms with Crippen LogP contribution in [-0.2, 0) is 12.0 Å². The van der Waals surface area contributed by atoms with E-state index in [0.29, 0.717) is 12.5 Å². The van der Waals surface area contributed by atoms with Crippen LogP contribution in [0.1, 0.15) is 37.5 Å². The molecule has 0 aliphatic rings. The minimum atomic E-state index is 0.0683. The zero-order valence-corrected chi connectivity index (χ0v) is 17.6.